The summed E-state index contributed by atoms with van der Waals surface area (Å²) in [5.41, 5.74) is 19.3. The smallest absolute Gasteiger partial charge is 0.141 e. The van der Waals surface area contributed by atoms with Gasteiger partial charge in [-0.05, 0) is 132 Å². The Bertz CT molecular complexity index is 6830. The van der Waals surface area contributed by atoms with Gasteiger partial charge in [-0.1, -0.05) is 218 Å². The van der Waals surface area contributed by atoms with Gasteiger partial charge in [0.25, 0.3) is 0 Å². The number of aromatic nitrogens is 9. The number of nitrogens with one attached hydrogen (secondary N) is 1. The van der Waals surface area contributed by atoms with Crippen LogP contribution in [0, 0.1) is 0 Å². The molecule has 0 radical (unpaired) electrons. The molecular weight excluding hydrogens is 1220 g/mol. The van der Waals surface area contributed by atoms with E-state index in [1.54, 1.807) is 0 Å². The summed E-state index contributed by atoms with van der Waals surface area (Å²) in [5.74, 6) is 2.46. The van der Waals surface area contributed by atoms with Crippen LogP contribution < -0.4 is 5.32 Å². The normalized spacial score (nSPS) is 13.7. The number of para-hydroxylation sites is 12. The first-order valence-electron chi connectivity index (χ1n) is 34.3. The van der Waals surface area contributed by atoms with Gasteiger partial charge in [-0.3, -0.25) is 32.0 Å². The Morgan fingerprint density at radius 2 is 0.510 bits per heavy atom. The number of pyridine rings is 1. The lowest BCUT2D eigenvalue weighted by Crippen LogP contribution is -2.30. The number of hydrogen-bond acceptors (Lipinski definition) is 2. The predicted octanol–water partition coefficient (Wildman–Crippen LogP) is 22.0. The minimum absolute atomic E-state index is 0.491. The van der Waals surface area contributed by atoms with Gasteiger partial charge in [-0.2, -0.15) is 0 Å². The Balaban J connectivity index is 0.916. The van der Waals surface area contributed by atoms with Crippen LogP contribution in [0.15, 0.2) is 340 Å². The van der Waals surface area contributed by atoms with Crippen molar-refractivity contribution in [2.75, 3.05) is 0 Å². The van der Waals surface area contributed by atoms with Gasteiger partial charge < -0.3 is 9.88 Å². The van der Waals surface area contributed by atoms with Gasteiger partial charge in [0, 0.05) is 87.4 Å². The zero-order valence-corrected chi connectivity index (χ0v) is 53.9. The number of nitrogens with zero attached hydrogens (tertiary/aromatic N) is 9. The fraction of sp³-hybridized carbons (Fsp3) is 0.0111. The standard InChI is InChI=1S/C90H58N10/c1-5-29-59(30-6-1)93-71-45-21-13-37-63(71)83-67-41-17-25-49-75(67)97(87(83)93)79-53-57(54-80(91-79)98-76-50-26-18-42-68(76)84-64-38-14-22-46-72(64)94(88(84)98)60-31-7-2-8-32-60)58-55-81(99-77-51-27-19-43-69(77)85-65-39-15-23-47-73(65)95(89(85)99)61-33-9-3-10-34-61)92-82(56-58)100-78-52-28-20-44-70(78)86-66-40-16-24-48-74(66)96(90(86)100)62-35-11-4-12-36-62/h1-56,79,91H. The molecule has 0 spiro atoms. The monoisotopic (exact) mass is 1280 g/mol. The highest BCUT2D eigenvalue weighted by molar-refractivity contribution is 6.26. The molecular formula is C90H58N10. The molecule has 1 aliphatic heterocycles. The van der Waals surface area contributed by atoms with Gasteiger partial charge in [0.05, 0.1) is 44.1 Å². The van der Waals surface area contributed by atoms with E-state index < -0.39 is 6.17 Å². The molecule has 468 valence electrons. The maximum Gasteiger partial charge on any atom is 0.141 e. The van der Waals surface area contributed by atoms with Crippen molar-refractivity contribution in [3.63, 3.8) is 0 Å². The average Bonchev–Trinajstić information content (AvgIpc) is 1.55. The van der Waals surface area contributed by atoms with Crippen LogP contribution in [0.1, 0.15) is 11.7 Å². The highest BCUT2D eigenvalue weighted by Gasteiger charge is 2.32. The molecule has 0 aliphatic carbocycles. The molecule has 100 heavy (non-hydrogen) atoms. The van der Waals surface area contributed by atoms with Crippen LogP contribution in [0.4, 0.5) is 0 Å². The molecule has 1 aliphatic rings. The van der Waals surface area contributed by atoms with Crippen molar-refractivity contribution in [1.82, 2.24) is 46.8 Å². The van der Waals surface area contributed by atoms with E-state index in [0.717, 1.165) is 129 Å². The minimum atomic E-state index is -0.491. The summed E-state index contributed by atoms with van der Waals surface area (Å²) >= 11 is 0. The first kappa shape index (κ1) is 54.7. The van der Waals surface area contributed by atoms with Crippen molar-refractivity contribution in [1.29, 1.82) is 0 Å². The molecule has 10 heteroatoms. The fourth-order valence-corrected chi connectivity index (χ4v) is 17.1. The van der Waals surface area contributed by atoms with Crippen molar-refractivity contribution >= 4 is 143 Å². The third kappa shape index (κ3) is 7.58. The second-order valence-electron chi connectivity index (χ2n) is 26.3. The van der Waals surface area contributed by atoms with Crippen molar-refractivity contribution in [3.8, 4) is 34.4 Å². The van der Waals surface area contributed by atoms with Crippen LogP contribution in [-0.4, -0.2) is 41.5 Å². The van der Waals surface area contributed by atoms with E-state index >= 15 is 0 Å². The summed E-state index contributed by atoms with van der Waals surface area (Å²) in [6.07, 6.45) is 4.38. The molecule has 1 atom stereocenters. The van der Waals surface area contributed by atoms with E-state index in [2.05, 4.69) is 382 Å². The molecule has 0 amide bonds. The molecule has 1 unspecified atom stereocenters. The highest BCUT2D eigenvalue weighted by atomic mass is 15.3. The number of rotatable bonds is 9. The number of hydrogen-bond donors (Lipinski definition) is 1. The summed E-state index contributed by atoms with van der Waals surface area (Å²) in [6, 6.07) is 119. The molecule has 0 saturated carbocycles. The Labute approximate surface area is 572 Å². The summed E-state index contributed by atoms with van der Waals surface area (Å²) < 4.78 is 19.7. The van der Waals surface area contributed by atoms with Crippen LogP contribution in [0.5, 0.6) is 0 Å². The molecule has 0 saturated heterocycles. The van der Waals surface area contributed by atoms with Crippen LogP contribution in [0.3, 0.4) is 0 Å². The van der Waals surface area contributed by atoms with Gasteiger partial charge in [0.1, 0.15) is 46.2 Å². The maximum absolute atomic E-state index is 6.18. The molecule has 0 fully saturated rings. The first-order valence-corrected chi connectivity index (χ1v) is 34.3. The Kier molecular flexibility index (Phi) is 11.5. The molecule has 21 aromatic rings. The van der Waals surface area contributed by atoms with E-state index in [1.165, 1.54) is 53.9 Å². The van der Waals surface area contributed by atoms with Crippen molar-refractivity contribution in [2.45, 2.75) is 6.17 Å². The van der Waals surface area contributed by atoms with Gasteiger partial charge in [0.2, 0.25) is 0 Å². The quantitative estimate of drug-likeness (QED) is 0.157. The van der Waals surface area contributed by atoms with Crippen LogP contribution in [0.2, 0.25) is 0 Å². The fourth-order valence-electron chi connectivity index (χ4n) is 17.1. The van der Waals surface area contributed by atoms with Gasteiger partial charge in [-0.15, -0.1) is 0 Å². The predicted molar refractivity (Wildman–Crippen MR) is 414 cm³/mol. The number of dihydropyridines is 1. The Morgan fingerprint density at radius 1 is 0.250 bits per heavy atom. The second-order valence-corrected chi connectivity index (χ2v) is 26.3. The Hall–Kier alpha value is -13.6. The molecule has 0 bridgehead atoms. The summed E-state index contributed by atoms with van der Waals surface area (Å²) in [6.45, 7) is 0. The lowest BCUT2D eigenvalue weighted by molar-refractivity contribution is 0.573. The Morgan fingerprint density at radius 3 is 0.860 bits per heavy atom. The first-order chi connectivity index (χ1) is 49.7. The summed E-state index contributed by atoms with van der Waals surface area (Å²) in [7, 11) is 0. The topological polar surface area (TPSA) is 64.4 Å². The molecule has 1 N–H and O–H groups in total. The maximum atomic E-state index is 6.18. The molecule has 10 heterocycles. The van der Waals surface area contributed by atoms with Gasteiger partial charge in [-0.25, -0.2) is 4.98 Å². The number of allylic oxidation sites excluding steroid dienone is 2. The van der Waals surface area contributed by atoms with Crippen molar-refractivity contribution < 1.29 is 0 Å². The summed E-state index contributed by atoms with van der Waals surface area (Å²) in [5, 5.41) is 18.5. The van der Waals surface area contributed by atoms with E-state index in [1.807, 2.05) is 0 Å². The zero-order chi connectivity index (χ0) is 65.3. The molecule has 10 nitrogen and oxygen atoms in total. The number of fused-ring (bicyclic) bond motifs is 20. The SMILES string of the molecule is C1=C(c2cc(-n3c4ccccc4c4c5ccccc5n(-c5ccccc5)c43)nc(-n3c4ccccc4c4c5ccccc5n(-c5ccccc5)c43)c2)C=C(n2c3ccccc3c3c4ccccc4n(-c4ccccc4)c32)NC1n1c2ccccc2c2c3ccccc3n(-c3ccccc3)c21. The lowest BCUT2D eigenvalue weighted by Gasteiger charge is -2.29. The molecule has 9 aromatic heterocycles. The van der Waals surface area contributed by atoms with Crippen LogP contribution >= 0.6 is 0 Å². The highest BCUT2D eigenvalue weighted by Crippen LogP contribution is 2.48. The minimum Gasteiger partial charge on any atom is -0.347 e. The average molecular weight is 1280 g/mol. The van der Waals surface area contributed by atoms with E-state index in [9.17, 15) is 0 Å². The lowest BCUT2D eigenvalue weighted by atomic mass is 10.0. The van der Waals surface area contributed by atoms with Gasteiger partial charge >= 0.3 is 0 Å². The molecule has 12 aromatic carbocycles. The zero-order valence-electron chi connectivity index (χ0n) is 53.9. The van der Waals surface area contributed by atoms with E-state index in [0.29, 0.717) is 0 Å². The summed E-state index contributed by atoms with van der Waals surface area (Å²) in [4.78, 5) is 6.18. The van der Waals surface area contributed by atoms with E-state index in [4.69, 9.17) is 4.98 Å². The third-order valence-corrected chi connectivity index (χ3v) is 21.0. The van der Waals surface area contributed by atoms with Gasteiger partial charge in [0.15, 0.2) is 0 Å². The largest absolute Gasteiger partial charge is 0.347 e. The van der Waals surface area contributed by atoms with Crippen LogP contribution in [0.25, 0.3) is 177 Å². The number of benzene rings is 12. The third-order valence-electron chi connectivity index (χ3n) is 21.0. The van der Waals surface area contributed by atoms with Crippen molar-refractivity contribution in [3.05, 3.63) is 345 Å². The van der Waals surface area contributed by atoms with E-state index in [-0.39, 0.29) is 0 Å². The van der Waals surface area contributed by atoms with Crippen molar-refractivity contribution in [2.24, 2.45) is 0 Å². The van der Waals surface area contributed by atoms with Crippen LogP contribution in [-0.2, 0) is 0 Å². The molecule has 22 rings (SSSR count). The second kappa shape index (κ2) is 21.0.